The Balaban J connectivity index is 1.20. The summed E-state index contributed by atoms with van der Waals surface area (Å²) in [4.78, 5) is 2.52. The van der Waals surface area contributed by atoms with E-state index in [9.17, 15) is 0 Å². The molecule has 0 bridgehead atoms. The number of anilines is 3. The average molecular weight is 694 g/mol. The molecule has 0 saturated carbocycles. The summed E-state index contributed by atoms with van der Waals surface area (Å²) in [5, 5.41) is 10.2. The van der Waals surface area contributed by atoms with Gasteiger partial charge in [-0.25, -0.2) is 0 Å². The molecule has 1 nitrogen and oxygen atoms in total. The van der Waals surface area contributed by atoms with E-state index in [1.807, 2.05) is 11.3 Å². The Kier molecular flexibility index (Phi) is 6.53. The van der Waals surface area contributed by atoms with E-state index >= 15 is 0 Å². The van der Waals surface area contributed by atoms with Crippen LogP contribution in [0.2, 0.25) is 0 Å². The fourth-order valence-corrected chi connectivity index (χ4v) is 10.1. The molecule has 0 aliphatic heterocycles. The van der Waals surface area contributed by atoms with Gasteiger partial charge in [0.25, 0.3) is 0 Å². The molecule has 11 rings (SSSR count). The monoisotopic (exact) mass is 693 g/mol. The molecular formula is C51H35NS. The smallest absolute Gasteiger partial charge is 0.0546 e. The van der Waals surface area contributed by atoms with Crippen LogP contribution in [-0.4, -0.2) is 0 Å². The number of rotatable bonds is 4. The van der Waals surface area contributed by atoms with Crippen LogP contribution in [0, 0.1) is 0 Å². The first kappa shape index (κ1) is 30.4. The first-order valence-electron chi connectivity index (χ1n) is 18.4. The Labute approximate surface area is 313 Å². The lowest BCUT2D eigenvalue weighted by atomic mass is 9.81. The van der Waals surface area contributed by atoms with Crippen molar-refractivity contribution in [1.29, 1.82) is 0 Å². The van der Waals surface area contributed by atoms with E-state index < -0.39 is 0 Å². The molecule has 250 valence electrons. The van der Waals surface area contributed by atoms with E-state index in [0.29, 0.717) is 0 Å². The van der Waals surface area contributed by atoms with Gasteiger partial charge in [0.05, 0.1) is 5.69 Å². The van der Waals surface area contributed by atoms with Crippen molar-refractivity contribution in [3.63, 3.8) is 0 Å². The molecule has 53 heavy (non-hydrogen) atoms. The van der Waals surface area contributed by atoms with E-state index in [4.69, 9.17) is 0 Å². The maximum Gasteiger partial charge on any atom is 0.0546 e. The Morgan fingerprint density at radius 1 is 0.396 bits per heavy atom. The maximum absolute atomic E-state index is 2.52. The van der Waals surface area contributed by atoms with Crippen molar-refractivity contribution in [2.24, 2.45) is 0 Å². The minimum atomic E-state index is -0.159. The van der Waals surface area contributed by atoms with Crippen LogP contribution in [-0.2, 0) is 5.41 Å². The molecule has 1 aromatic heterocycles. The molecule has 10 aromatic rings. The van der Waals surface area contributed by atoms with E-state index in [2.05, 4.69) is 195 Å². The van der Waals surface area contributed by atoms with Crippen LogP contribution in [0.3, 0.4) is 0 Å². The molecule has 1 heterocycles. The molecule has 0 fully saturated rings. The summed E-state index contributed by atoms with van der Waals surface area (Å²) in [5.74, 6) is 0. The highest BCUT2D eigenvalue weighted by molar-refractivity contribution is 7.25. The Morgan fingerprint density at radius 2 is 1.00 bits per heavy atom. The molecule has 0 atom stereocenters. The van der Waals surface area contributed by atoms with Gasteiger partial charge >= 0.3 is 0 Å². The van der Waals surface area contributed by atoms with Crippen molar-refractivity contribution >= 4 is 80.9 Å². The zero-order chi connectivity index (χ0) is 35.3. The van der Waals surface area contributed by atoms with Crippen molar-refractivity contribution in [3.8, 4) is 22.3 Å². The van der Waals surface area contributed by atoms with Crippen molar-refractivity contribution in [3.05, 3.63) is 187 Å². The SMILES string of the molecule is CC1(C)c2cc(N(c3ccc4c(c3)sc3ccccc34)c3ccc4ccccc4c3-c3cccc4ccccc34)ccc2-c2cc3ccccc3cc21. The topological polar surface area (TPSA) is 3.24 Å². The van der Waals surface area contributed by atoms with Crippen molar-refractivity contribution < 1.29 is 0 Å². The summed E-state index contributed by atoms with van der Waals surface area (Å²) in [6, 6.07) is 65.6. The molecule has 1 aliphatic carbocycles. The lowest BCUT2D eigenvalue weighted by Gasteiger charge is -2.30. The second-order valence-electron chi connectivity index (χ2n) is 14.9. The highest BCUT2D eigenvalue weighted by Gasteiger charge is 2.36. The van der Waals surface area contributed by atoms with Gasteiger partial charge in [0.15, 0.2) is 0 Å². The van der Waals surface area contributed by atoms with Crippen LogP contribution in [0.4, 0.5) is 17.1 Å². The summed E-state index contributed by atoms with van der Waals surface area (Å²) >= 11 is 1.87. The zero-order valence-electron chi connectivity index (χ0n) is 29.6. The van der Waals surface area contributed by atoms with Crippen LogP contribution in [0.1, 0.15) is 25.0 Å². The summed E-state index contributed by atoms with van der Waals surface area (Å²) in [7, 11) is 0. The highest BCUT2D eigenvalue weighted by Crippen LogP contribution is 2.53. The molecule has 0 N–H and O–H groups in total. The molecule has 9 aromatic carbocycles. The van der Waals surface area contributed by atoms with Crippen molar-refractivity contribution in [1.82, 2.24) is 0 Å². The van der Waals surface area contributed by atoms with Gasteiger partial charge < -0.3 is 4.90 Å². The standard InChI is InChI=1S/C51H35NS/c1-51(2)45-29-35-15-4-3-14-34(35)28-44(45)40-25-23-36(30-46(40)51)52(37-24-26-42-41-19-9-10-21-48(41)53-49(42)31-37)47-27-22-33-13-6-8-18-39(33)50(47)43-20-11-16-32-12-5-7-17-38(32)43/h3-31H,1-2H3. The number of benzene rings is 9. The number of fused-ring (bicyclic) bond motifs is 9. The molecule has 0 radical (unpaired) electrons. The largest absolute Gasteiger partial charge is 0.310 e. The summed E-state index contributed by atoms with van der Waals surface area (Å²) in [6.45, 7) is 4.78. The second-order valence-corrected chi connectivity index (χ2v) is 16.0. The first-order valence-corrected chi connectivity index (χ1v) is 19.2. The molecule has 0 saturated heterocycles. The number of thiophene rings is 1. The number of nitrogens with zero attached hydrogens (tertiary/aromatic N) is 1. The predicted octanol–water partition coefficient (Wildman–Crippen LogP) is 15.0. The van der Waals surface area contributed by atoms with Gasteiger partial charge in [0.1, 0.15) is 0 Å². The minimum absolute atomic E-state index is 0.159. The quantitative estimate of drug-likeness (QED) is 0.177. The predicted molar refractivity (Wildman–Crippen MR) is 230 cm³/mol. The lowest BCUT2D eigenvalue weighted by molar-refractivity contribution is 0.661. The Morgan fingerprint density at radius 3 is 1.83 bits per heavy atom. The fraction of sp³-hybridized carbons (Fsp3) is 0.0588. The number of hydrogen-bond acceptors (Lipinski definition) is 2. The van der Waals surface area contributed by atoms with Crippen molar-refractivity contribution in [2.75, 3.05) is 4.90 Å². The molecule has 2 heteroatoms. The molecular weight excluding hydrogens is 659 g/mol. The van der Waals surface area contributed by atoms with Gasteiger partial charge in [-0.1, -0.05) is 141 Å². The van der Waals surface area contributed by atoms with Crippen LogP contribution in [0.15, 0.2) is 176 Å². The Bertz CT molecular complexity index is 3100. The van der Waals surface area contributed by atoms with E-state index in [1.54, 1.807) is 0 Å². The Hall–Kier alpha value is -6.22. The normalized spacial score (nSPS) is 13.2. The minimum Gasteiger partial charge on any atom is -0.310 e. The highest BCUT2D eigenvalue weighted by atomic mass is 32.1. The molecule has 0 unspecified atom stereocenters. The lowest BCUT2D eigenvalue weighted by Crippen LogP contribution is -2.17. The first-order chi connectivity index (χ1) is 26.0. The van der Waals surface area contributed by atoms with Gasteiger partial charge in [-0.2, -0.15) is 0 Å². The van der Waals surface area contributed by atoms with Gasteiger partial charge in [-0.05, 0) is 109 Å². The molecule has 1 aliphatic rings. The van der Waals surface area contributed by atoms with Gasteiger partial charge in [-0.3, -0.25) is 0 Å². The maximum atomic E-state index is 2.52. The molecule has 0 amide bonds. The number of hydrogen-bond donors (Lipinski definition) is 0. The second kappa shape index (κ2) is 11.4. The van der Waals surface area contributed by atoms with E-state index in [0.717, 1.165) is 11.4 Å². The van der Waals surface area contributed by atoms with Crippen LogP contribution >= 0.6 is 11.3 Å². The average Bonchev–Trinajstić information content (AvgIpc) is 3.68. The van der Waals surface area contributed by atoms with E-state index in [1.165, 1.54) is 91.6 Å². The van der Waals surface area contributed by atoms with Crippen LogP contribution < -0.4 is 4.90 Å². The summed E-state index contributed by atoms with van der Waals surface area (Å²) in [5.41, 5.74) is 11.2. The third kappa shape index (κ3) is 4.56. The molecule has 0 spiro atoms. The zero-order valence-corrected chi connectivity index (χ0v) is 30.4. The fourth-order valence-electron chi connectivity index (χ4n) is 9.00. The van der Waals surface area contributed by atoms with E-state index in [-0.39, 0.29) is 5.41 Å². The third-order valence-corrected chi connectivity index (χ3v) is 12.7. The summed E-state index contributed by atoms with van der Waals surface area (Å²) < 4.78 is 2.61. The van der Waals surface area contributed by atoms with Crippen LogP contribution in [0.5, 0.6) is 0 Å². The van der Waals surface area contributed by atoms with Gasteiger partial charge in [-0.15, -0.1) is 11.3 Å². The van der Waals surface area contributed by atoms with Crippen LogP contribution in [0.25, 0.3) is 74.7 Å². The van der Waals surface area contributed by atoms with Gasteiger partial charge in [0, 0.05) is 42.5 Å². The third-order valence-electron chi connectivity index (χ3n) is 11.6. The van der Waals surface area contributed by atoms with Crippen molar-refractivity contribution in [2.45, 2.75) is 19.3 Å². The van der Waals surface area contributed by atoms with Gasteiger partial charge in [0.2, 0.25) is 0 Å². The summed E-state index contributed by atoms with van der Waals surface area (Å²) in [6.07, 6.45) is 0.